The van der Waals surface area contributed by atoms with Gasteiger partial charge in [-0.15, -0.1) is 0 Å². The molecule has 6 heteroatoms. The van der Waals surface area contributed by atoms with Crippen molar-refractivity contribution in [3.05, 3.63) is 35.4 Å². The van der Waals surface area contributed by atoms with Crippen LogP contribution in [-0.2, 0) is 4.79 Å². The molecular formula is C13H16N2O4. The fraction of sp³-hybridized carbons (Fsp3) is 0.308. The molecule has 1 aromatic carbocycles. The molecular weight excluding hydrogens is 248 g/mol. The first-order valence-electron chi connectivity index (χ1n) is 5.81. The molecule has 0 heterocycles. The minimum absolute atomic E-state index is 0.0321. The molecule has 19 heavy (non-hydrogen) atoms. The Kier molecular flexibility index (Phi) is 5.05. The van der Waals surface area contributed by atoms with Gasteiger partial charge in [-0.2, -0.15) is 0 Å². The Morgan fingerprint density at radius 1 is 1.26 bits per heavy atom. The van der Waals surface area contributed by atoms with Crippen LogP contribution in [0, 0.1) is 0 Å². The monoisotopic (exact) mass is 264 g/mol. The molecule has 0 aromatic heterocycles. The van der Waals surface area contributed by atoms with E-state index in [4.69, 9.17) is 5.11 Å². The molecule has 0 bridgehead atoms. The Balaban J connectivity index is 2.66. The van der Waals surface area contributed by atoms with Crippen molar-refractivity contribution in [1.29, 1.82) is 0 Å². The molecule has 0 fully saturated rings. The molecule has 0 aliphatic carbocycles. The zero-order valence-electron chi connectivity index (χ0n) is 10.8. The van der Waals surface area contributed by atoms with Crippen LogP contribution in [0.2, 0.25) is 0 Å². The fourth-order valence-electron chi connectivity index (χ4n) is 1.36. The third kappa shape index (κ3) is 4.09. The minimum Gasteiger partial charge on any atom is -0.478 e. The number of likely N-dealkylation sites (N-methyl/N-ethyl adjacent to an activating group) is 1. The number of benzene rings is 1. The summed E-state index contributed by atoms with van der Waals surface area (Å²) in [7, 11) is 1.64. The molecule has 2 amide bonds. The molecule has 0 atom stereocenters. The number of aromatic carboxylic acids is 1. The van der Waals surface area contributed by atoms with Crippen molar-refractivity contribution in [3.63, 3.8) is 0 Å². The van der Waals surface area contributed by atoms with Gasteiger partial charge in [-0.1, -0.05) is 6.07 Å². The number of carbonyl (C=O) groups excluding carboxylic acids is 2. The normalized spacial score (nSPS) is 9.79. The largest absolute Gasteiger partial charge is 0.478 e. The predicted octanol–water partition coefficient (Wildman–Crippen LogP) is 0.593. The van der Waals surface area contributed by atoms with E-state index in [0.717, 1.165) is 0 Å². The number of rotatable bonds is 5. The molecule has 1 aromatic rings. The summed E-state index contributed by atoms with van der Waals surface area (Å²) in [4.78, 5) is 35.5. The van der Waals surface area contributed by atoms with E-state index in [0.29, 0.717) is 6.54 Å². The Labute approximate surface area is 111 Å². The lowest BCUT2D eigenvalue weighted by atomic mass is 10.1. The third-order valence-electron chi connectivity index (χ3n) is 2.67. The van der Waals surface area contributed by atoms with E-state index in [9.17, 15) is 14.4 Å². The highest BCUT2D eigenvalue weighted by Crippen LogP contribution is 2.05. The molecule has 2 N–H and O–H groups in total. The second-order valence-electron chi connectivity index (χ2n) is 3.98. The first-order chi connectivity index (χ1) is 8.95. The summed E-state index contributed by atoms with van der Waals surface area (Å²) in [6, 6.07) is 5.65. The molecule has 102 valence electrons. The zero-order valence-corrected chi connectivity index (χ0v) is 10.8. The lowest BCUT2D eigenvalue weighted by Gasteiger charge is -2.14. The van der Waals surface area contributed by atoms with E-state index in [1.807, 2.05) is 6.92 Å². The molecule has 0 aliphatic heterocycles. The summed E-state index contributed by atoms with van der Waals surface area (Å²) >= 11 is 0. The highest BCUT2D eigenvalue weighted by molar-refractivity contribution is 5.98. The second kappa shape index (κ2) is 6.53. The van der Waals surface area contributed by atoms with Crippen molar-refractivity contribution in [1.82, 2.24) is 10.2 Å². The number of amides is 2. The van der Waals surface area contributed by atoms with E-state index in [1.54, 1.807) is 7.05 Å². The van der Waals surface area contributed by atoms with Crippen LogP contribution in [0.3, 0.4) is 0 Å². The Morgan fingerprint density at radius 2 is 1.89 bits per heavy atom. The lowest BCUT2D eigenvalue weighted by molar-refractivity contribution is -0.128. The second-order valence-corrected chi connectivity index (χ2v) is 3.98. The molecule has 0 unspecified atom stereocenters. The fourth-order valence-corrected chi connectivity index (χ4v) is 1.36. The number of carboxylic acids is 1. The van der Waals surface area contributed by atoms with Crippen molar-refractivity contribution in [3.8, 4) is 0 Å². The van der Waals surface area contributed by atoms with E-state index in [-0.39, 0.29) is 23.6 Å². The quantitative estimate of drug-likeness (QED) is 0.815. The van der Waals surface area contributed by atoms with Crippen molar-refractivity contribution in [2.75, 3.05) is 20.1 Å². The average Bonchev–Trinajstić information content (AvgIpc) is 2.43. The Hall–Kier alpha value is -2.37. The third-order valence-corrected chi connectivity index (χ3v) is 2.67. The van der Waals surface area contributed by atoms with Gasteiger partial charge in [0.05, 0.1) is 12.1 Å². The van der Waals surface area contributed by atoms with Gasteiger partial charge in [0.15, 0.2) is 0 Å². The number of carbonyl (C=O) groups is 3. The average molecular weight is 264 g/mol. The van der Waals surface area contributed by atoms with Gasteiger partial charge in [-0.05, 0) is 25.1 Å². The maximum Gasteiger partial charge on any atom is 0.335 e. The van der Waals surface area contributed by atoms with E-state index in [2.05, 4.69) is 5.32 Å². The first-order valence-corrected chi connectivity index (χ1v) is 5.81. The summed E-state index contributed by atoms with van der Waals surface area (Å²) in [6.07, 6.45) is 0. The summed E-state index contributed by atoms with van der Waals surface area (Å²) in [6.45, 7) is 2.28. The highest BCUT2D eigenvalue weighted by Gasteiger charge is 2.12. The van der Waals surface area contributed by atoms with Crippen LogP contribution in [-0.4, -0.2) is 47.9 Å². The topological polar surface area (TPSA) is 86.7 Å². The maximum absolute atomic E-state index is 11.8. The molecule has 0 saturated carbocycles. The van der Waals surface area contributed by atoms with Crippen LogP contribution < -0.4 is 5.32 Å². The van der Waals surface area contributed by atoms with Gasteiger partial charge >= 0.3 is 5.97 Å². The lowest BCUT2D eigenvalue weighted by Crippen LogP contribution is -2.38. The summed E-state index contributed by atoms with van der Waals surface area (Å²) in [5.41, 5.74) is 0.247. The Morgan fingerprint density at radius 3 is 2.47 bits per heavy atom. The van der Waals surface area contributed by atoms with Crippen LogP contribution in [0.5, 0.6) is 0 Å². The SMILES string of the molecule is CCN(C)C(=O)CNC(=O)c1cccc(C(=O)O)c1. The zero-order chi connectivity index (χ0) is 14.4. The summed E-state index contributed by atoms with van der Waals surface area (Å²) in [5.74, 6) is -1.78. The number of carboxylic acid groups (broad SMARTS) is 1. The van der Waals surface area contributed by atoms with Crippen LogP contribution in [0.1, 0.15) is 27.6 Å². The standard InChI is InChI=1S/C13H16N2O4/c1-3-15(2)11(16)8-14-12(17)9-5-4-6-10(7-9)13(18)19/h4-7H,3,8H2,1-2H3,(H,14,17)(H,18,19). The smallest absolute Gasteiger partial charge is 0.335 e. The molecule has 0 saturated heterocycles. The van der Waals surface area contributed by atoms with Crippen LogP contribution in [0.25, 0.3) is 0 Å². The molecule has 0 spiro atoms. The number of nitrogens with zero attached hydrogens (tertiary/aromatic N) is 1. The molecule has 0 radical (unpaired) electrons. The number of hydrogen-bond donors (Lipinski definition) is 2. The highest BCUT2D eigenvalue weighted by atomic mass is 16.4. The maximum atomic E-state index is 11.8. The predicted molar refractivity (Wildman–Crippen MR) is 69.0 cm³/mol. The van der Waals surface area contributed by atoms with E-state index < -0.39 is 11.9 Å². The minimum atomic E-state index is -1.10. The van der Waals surface area contributed by atoms with E-state index >= 15 is 0 Å². The Bertz CT molecular complexity index is 499. The molecule has 6 nitrogen and oxygen atoms in total. The van der Waals surface area contributed by atoms with Crippen molar-refractivity contribution >= 4 is 17.8 Å². The van der Waals surface area contributed by atoms with Crippen LogP contribution in [0.15, 0.2) is 24.3 Å². The van der Waals surface area contributed by atoms with Crippen molar-refractivity contribution < 1.29 is 19.5 Å². The number of hydrogen-bond acceptors (Lipinski definition) is 3. The van der Waals surface area contributed by atoms with Crippen molar-refractivity contribution in [2.24, 2.45) is 0 Å². The number of nitrogens with one attached hydrogen (secondary N) is 1. The van der Waals surface area contributed by atoms with Gasteiger partial charge in [-0.25, -0.2) is 4.79 Å². The molecule has 0 aliphatic rings. The summed E-state index contributed by atoms with van der Waals surface area (Å²) in [5, 5.41) is 11.3. The first kappa shape index (κ1) is 14.7. The van der Waals surface area contributed by atoms with Crippen LogP contribution >= 0.6 is 0 Å². The van der Waals surface area contributed by atoms with Gasteiger partial charge in [0.25, 0.3) is 5.91 Å². The van der Waals surface area contributed by atoms with Gasteiger partial charge in [0.2, 0.25) is 5.91 Å². The van der Waals surface area contributed by atoms with Crippen LogP contribution in [0.4, 0.5) is 0 Å². The summed E-state index contributed by atoms with van der Waals surface area (Å²) < 4.78 is 0. The van der Waals surface area contributed by atoms with Crippen molar-refractivity contribution in [2.45, 2.75) is 6.92 Å². The van der Waals surface area contributed by atoms with Gasteiger partial charge in [0.1, 0.15) is 0 Å². The van der Waals surface area contributed by atoms with E-state index in [1.165, 1.54) is 29.2 Å². The van der Waals surface area contributed by atoms with Gasteiger partial charge in [-0.3, -0.25) is 9.59 Å². The van der Waals surface area contributed by atoms with Gasteiger partial charge in [0, 0.05) is 19.2 Å². The van der Waals surface area contributed by atoms with Gasteiger partial charge < -0.3 is 15.3 Å². The molecule has 1 rings (SSSR count).